The summed E-state index contributed by atoms with van der Waals surface area (Å²) in [5, 5.41) is 16.2. The zero-order valence-corrected chi connectivity index (χ0v) is 19.0. The lowest BCUT2D eigenvalue weighted by molar-refractivity contribution is -0.0343. The van der Waals surface area contributed by atoms with Crippen LogP contribution >= 0.6 is 0 Å². The van der Waals surface area contributed by atoms with Gasteiger partial charge in [-0.25, -0.2) is 23.4 Å². The molecule has 1 aliphatic heterocycles. The highest BCUT2D eigenvalue weighted by atomic mass is 19.1. The van der Waals surface area contributed by atoms with E-state index in [1.54, 1.807) is 13.0 Å². The predicted molar refractivity (Wildman–Crippen MR) is 124 cm³/mol. The number of anilines is 1. The molecular formula is C24H24F2N6O3. The van der Waals surface area contributed by atoms with Gasteiger partial charge in [0.15, 0.2) is 0 Å². The first kappa shape index (κ1) is 23.1. The SMILES string of the molecule is CC(n1cnc2cc(N3CCOCC3)ccc2c1=O)C(O)(Cn1cncn1)c1ccc(F)cc1F. The third-order valence-corrected chi connectivity index (χ3v) is 6.52. The number of hydrogen-bond donors (Lipinski definition) is 1. The first-order valence-electron chi connectivity index (χ1n) is 11.2. The van der Waals surface area contributed by atoms with Crippen molar-refractivity contribution in [3.8, 4) is 0 Å². The van der Waals surface area contributed by atoms with Gasteiger partial charge in [-0.05, 0) is 31.2 Å². The van der Waals surface area contributed by atoms with Crippen molar-refractivity contribution in [1.29, 1.82) is 0 Å². The molecule has 0 radical (unpaired) electrons. The maximum Gasteiger partial charge on any atom is 0.261 e. The fourth-order valence-corrected chi connectivity index (χ4v) is 4.49. The van der Waals surface area contributed by atoms with Crippen molar-refractivity contribution in [1.82, 2.24) is 24.3 Å². The summed E-state index contributed by atoms with van der Waals surface area (Å²) < 4.78 is 36.5. The van der Waals surface area contributed by atoms with Crippen LogP contribution in [0.15, 0.2) is 60.2 Å². The largest absolute Gasteiger partial charge is 0.381 e. The van der Waals surface area contributed by atoms with Crippen molar-refractivity contribution >= 4 is 16.6 Å². The van der Waals surface area contributed by atoms with Gasteiger partial charge in [0.1, 0.15) is 29.9 Å². The van der Waals surface area contributed by atoms with E-state index in [0.29, 0.717) is 30.2 Å². The Kier molecular flexibility index (Phi) is 6.03. The number of ether oxygens (including phenoxy) is 1. The molecule has 0 saturated carbocycles. The predicted octanol–water partition coefficient (Wildman–Crippen LogP) is 2.25. The second kappa shape index (κ2) is 9.16. The summed E-state index contributed by atoms with van der Waals surface area (Å²) in [6.45, 7) is 4.12. The molecule has 1 aliphatic rings. The van der Waals surface area contributed by atoms with Crippen molar-refractivity contribution in [2.24, 2.45) is 0 Å². The molecule has 4 aromatic rings. The summed E-state index contributed by atoms with van der Waals surface area (Å²) >= 11 is 0. The van der Waals surface area contributed by atoms with Gasteiger partial charge >= 0.3 is 0 Å². The van der Waals surface area contributed by atoms with Gasteiger partial charge in [-0.2, -0.15) is 5.10 Å². The molecule has 11 heteroatoms. The minimum absolute atomic E-state index is 0.170. The van der Waals surface area contributed by atoms with Gasteiger partial charge in [-0.15, -0.1) is 0 Å². The van der Waals surface area contributed by atoms with E-state index < -0.39 is 28.8 Å². The van der Waals surface area contributed by atoms with Gasteiger partial charge < -0.3 is 14.7 Å². The van der Waals surface area contributed by atoms with E-state index >= 15 is 0 Å². The fourth-order valence-electron chi connectivity index (χ4n) is 4.49. The minimum atomic E-state index is -1.97. The molecule has 182 valence electrons. The summed E-state index contributed by atoms with van der Waals surface area (Å²) in [4.78, 5) is 24.0. The van der Waals surface area contributed by atoms with E-state index in [2.05, 4.69) is 20.0 Å². The molecule has 2 aromatic heterocycles. The number of benzene rings is 2. The van der Waals surface area contributed by atoms with Crippen LogP contribution in [0.25, 0.3) is 10.9 Å². The third kappa shape index (κ3) is 4.28. The van der Waals surface area contributed by atoms with Crippen molar-refractivity contribution in [2.75, 3.05) is 31.2 Å². The topological polar surface area (TPSA) is 98.3 Å². The van der Waals surface area contributed by atoms with Crippen LogP contribution in [0.4, 0.5) is 14.5 Å². The van der Waals surface area contributed by atoms with Crippen molar-refractivity contribution < 1.29 is 18.6 Å². The van der Waals surface area contributed by atoms with E-state index in [9.17, 15) is 18.7 Å². The molecule has 5 rings (SSSR count). The molecule has 3 heterocycles. The van der Waals surface area contributed by atoms with Crippen LogP contribution in [0.2, 0.25) is 0 Å². The molecule has 2 aromatic carbocycles. The van der Waals surface area contributed by atoms with Gasteiger partial charge in [0.05, 0.1) is 43.0 Å². The molecule has 0 bridgehead atoms. The van der Waals surface area contributed by atoms with E-state index in [1.807, 2.05) is 12.1 Å². The Morgan fingerprint density at radius 2 is 1.94 bits per heavy atom. The average molecular weight is 482 g/mol. The Hall–Kier alpha value is -3.70. The van der Waals surface area contributed by atoms with Gasteiger partial charge in [0.25, 0.3) is 5.56 Å². The maximum absolute atomic E-state index is 14.9. The zero-order valence-electron chi connectivity index (χ0n) is 19.0. The van der Waals surface area contributed by atoms with Crippen LogP contribution in [0.1, 0.15) is 18.5 Å². The number of morpholine rings is 1. The van der Waals surface area contributed by atoms with Crippen LogP contribution in [0, 0.1) is 11.6 Å². The Morgan fingerprint density at radius 1 is 1.14 bits per heavy atom. The Labute approximate surface area is 199 Å². The monoisotopic (exact) mass is 482 g/mol. The smallest absolute Gasteiger partial charge is 0.261 e. The van der Waals surface area contributed by atoms with Crippen LogP contribution < -0.4 is 10.5 Å². The summed E-state index contributed by atoms with van der Waals surface area (Å²) in [6, 6.07) is 7.34. The summed E-state index contributed by atoms with van der Waals surface area (Å²) in [7, 11) is 0. The molecule has 0 spiro atoms. The highest BCUT2D eigenvalue weighted by Gasteiger charge is 2.41. The van der Waals surface area contributed by atoms with Crippen molar-refractivity contribution in [2.45, 2.75) is 25.1 Å². The summed E-state index contributed by atoms with van der Waals surface area (Å²) in [6.07, 6.45) is 3.99. The lowest BCUT2D eigenvalue weighted by Crippen LogP contribution is -2.43. The van der Waals surface area contributed by atoms with E-state index in [-0.39, 0.29) is 12.1 Å². The molecule has 1 N–H and O–H groups in total. The molecule has 0 aliphatic carbocycles. The number of halogens is 2. The highest BCUT2D eigenvalue weighted by Crippen LogP contribution is 2.36. The minimum Gasteiger partial charge on any atom is -0.381 e. The number of nitrogens with zero attached hydrogens (tertiary/aromatic N) is 6. The molecule has 35 heavy (non-hydrogen) atoms. The number of fused-ring (bicyclic) bond motifs is 1. The number of rotatable bonds is 6. The molecule has 0 amide bonds. The third-order valence-electron chi connectivity index (χ3n) is 6.52. The van der Waals surface area contributed by atoms with Gasteiger partial charge in [0, 0.05) is 30.4 Å². The second-order valence-electron chi connectivity index (χ2n) is 8.58. The molecule has 2 unspecified atom stereocenters. The van der Waals surface area contributed by atoms with Crippen LogP contribution in [0.5, 0.6) is 0 Å². The summed E-state index contributed by atoms with van der Waals surface area (Å²) in [5.74, 6) is -1.71. The van der Waals surface area contributed by atoms with Gasteiger partial charge in [-0.1, -0.05) is 6.07 Å². The first-order valence-corrected chi connectivity index (χ1v) is 11.2. The van der Waals surface area contributed by atoms with Gasteiger partial charge in [0.2, 0.25) is 0 Å². The standard InChI is InChI=1S/C24H24F2N6O3/c1-16(24(34,12-31-14-27-13-29-31)20-5-2-17(25)10-21(20)26)32-15-28-22-11-18(3-4-19(22)23(32)33)30-6-8-35-9-7-30/h2-5,10-11,13-16,34H,6-9,12H2,1H3. The number of hydrogen-bond acceptors (Lipinski definition) is 7. The van der Waals surface area contributed by atoms with Crippen LogP contribution in [-0.2, 0) is 16.9 Å². The average Bonchev–Trinajstić information content (AvgIpc) is 3.37. The molecule has 2 atom stereocenters. The van der Waals surface area contributed by atoms with Crippen LogP contribution in [0.3, 0.4) is 0 Å². The van der Waals surface area contributed by atoms with Crippen molar-refractivity contribution in [3.63, 3.8) is 0 Å². The zero-order chi connectivity index (χ0) is 24.6. The van der Waals surface area contributed by atoms with Crippen molar-refractivity contribution in [3.05, 3.63) is 82.9 Å². The lowest BCUT2D eigenvalue weighted by atomic mass is 9.86. The number of aromatic nitrogens is 5. The molecular weight excluding hydrogens is 458 g/mol. The van der Waals surface area contributed by atoms with Gasteiger partial charge in [-0.3, -0.25) is 9.36 Å². The van der Waals surface area contributed by atoms with E-state index in [4.69, 9.17) is 4.74 Å². The maximum atomic E-state index is 14.9. The Morgan fingerprint density at radius 3 is 2.66 bits per heavy atom. The fraction of sp³-hybridized carbons (Fsp3) is 0.333. The van der Waals surface area contributed by atoms with E-state index in [0.717, 1.165) is 24.8 Å². The van der Waals surface area contributed by atoms with Crippen LogP contribution in [-0.4, -0.2) is 55.7 Å². The Bertz CT molecular complexity index is 1400. The molecule has 1 fully saturated rings. The number of aliphatic hydroxyl groups is 1. The summed E-state index contributed by atoms with van der Waals surface area (Å²) in [5.41, 5.74) is -1.09. The Balaban J connectivity index is 1.57. The lowest BCUT2D eigenvalue weighted by Gasteiger charge is -2.35. The molecule has 1 saturated heterocycles. The van der Waals surface area contributed by atoms with E-state index in [1.165, 1.54) is 34.3 Å². The normalized spacial score (nSPS) is 16.9. The quantitative estimate of drug-likeness (QED) is 0.450. The first-order chi connectivity index (χ1) is 16.9. The molecule has 9 nitrogen and oxygen atoms in total. The second-order valence-corrected chi connectivity index (χ2v) is 8.58. The highest BCUT2D eigenvalue weighted by molar-refractivity contribution is 5.81.